The van der Waals surface area contributed by atoms with Gasteiger partial charge < -0.3 is 14.4 Å². The van der Waals surface area contributed by atoms with Crippen LogP contribution in [0.25, 0.3) is 0 Å². The molecule has 0 amide bonds. The third-order valence-electron chi connectivity index (χ3n) is 6.11. The molecule has 4 nitrogen and oxygen atoms in total. The van der Waals surface area contributed by atoms with E-state index < -0.39 is 13.2 Å². The lowest BCUT2D eigenvalue weighted by Crippen LogP contribution is -2.35. The molecular weight excluding hydrogens is 383 g/mol. The van der Waals surface area contributed by atoms with Crippen LogP contribution in [0, 0.1) is 17.8 Å². The van der Waals surface area contributed by atoms with Crippen LogP contribution in [0.5, 0.6) is 5.75 Å². The van der Waals surface area contributed by atoms with Gasteiger partial charge >= 0.3 is 0 Å². The van der Waals surface area contributed by atoms with Gasteiger partial charge in [-0.15, -0.1) is 0 Å². The van der Waals surface area contributed by atoms with Gasteiger partial charge in [0, 0.05) is 5.30 Å². The Bertz CT molecular complexity index is 819. The van der Waals surface area contributed by atoms with Crippen molar-refractivity contribution in [3.8, 4) is 5.75 Å². The summed E-state index contributed by atoms with van der Waals surface area (Å²) in [6.07, 6.45) is 2.98. The van der Waals surface area contributed by atoms with Crippen LogP contribution in [0.4, 0.5) is 0 Å². The largest absolute Gasteiger partial charge is 0.497 e. The molecule has 29 heavy (non-hydrogen) atoms. The monoisotopic (exact) mass is 416 g/mol. The summed E-state index contributed by atoms with van der Waals surface area (Å²) in [7, 11) is -1.97. The summed E-state index contributed by atoms with van der Waals surface area (Å²) in [6.45, 7) is 6.62. The average molecular weight is 416 g/mol. The summed E-state index contributed by atoms with van der Waals surface area (Å²) >= 11 is 0. The van der Waals surface area contributed by atoms with E-state index in [2.05, 4.69) is 20.8 Å². The summed E-state index contributed by atoms with van der Waals surface area (Å²) in [5.74, 6) is 0.775. The van der Waals surface area contributed by atoms with Gasteiger partial charge in [0.1, 0.15) is 5.75 Å². The third kappa shape index (κ3) is 4.94. The van der Waals surface area contributed by atoms with Gasteiger partial charge in [0.05, 0.1) is 13.2 Å². The molecule has 0 bridgehead atoms. The van der Waals surface area contributed by atoms with Gasteiger partial charge in [0.2, 0.25) is 0 Å². The minimum Gasteiger partial charge on any atom is -0.497 e. The van der Waals surface area contributed by atoms with Crippen molar-refractivity contribution in [2.45, 2.75) is 52.0 Å². The first-order valence-electron chi connectivity index (χ1n) is 10.5. The van der Waals surface area contributed by atoms with Crippen molar-refractivity contribution in [3.63, 3.8) is 0 Å². The summed E-state index contributed by atoms with van der Waals surface area (Å²) in [6, 6.07) is 16.2. The molecule has 2 aromatic rings. The van der Waals surface area contributed by atoms with Crippen LogP contribution >= 0.6 is 7.37 Å². The van der Waals surface area contributed by atoms with E-state index >= 15 is 0 Å². The van der Waals surface area contributed by atoms with Crippen molar-refractivity contribution in [1.82, 2.24) is 0 Å². The first-order valence-corrected chi connectivity index (χ1v) is 12.2. The lowest BCUT2D eigenvalue weighted by Gasteiger charge is -2.39. The van der Waals surface area contributed by atoms with Crippen molar-refractivity contribution >= 4 is 12.7 Å². The number of rotatable bonds is 7. The average Bonchev–Trinajstić information content (AvgIpc) is 2.73. The molecule has 3 rings (SSSR count). The van der Waals surface area contributed by atoms with Crippen molar-refractivity contribution < 1.29 is 18.9 Å². The van der Waals surface area contributed by atoms with E-state index in [-0.39, 0.29) is 6.10 Å². The Kier molecular flexibility index (Phi) is 7.21. The number of hydrogen-bond acceptors (Lipinski definition) is 4. The van der Waals surface area contributed by atoms with Gasteiger partial charge in [-0.1, -0.05) is 57.5 Å². The highest BCUT2D eigenvalue weighted by atomic mass is 31.2. The summed E-state index contributed by atoms with van der Waals surface area (Å²) in [4.78, 5) is 0. The zero-order chi connectivity index (χ0) is 21.0. The van der Waals surface area contributed by atoms with Gasteiger partial charge in [-0.2, -0.15) is 0 Å². The minimum atomic E-state index is -3.57. The van der Waals surface area contributed by atoms with Crippen LogP contribution in [0.15, 0.2) is 54.6 Å². The number of aliphatic hydroxyl groups excluding tert-OH is 1. The highest BCUT2D eigenvalue weighted by molar-refractivity contribution is 7.67. The summed E-state index contributed by atoms with van der Waals surface area (Å²) in [5, 5.41) is 11.8. The molecule has 1 fully saturated rings. The van der Waals surface area contributed by atoms with E-state index in [1.165, 1.54) is 6.42 Å². The van der Waals surface area contributed by atoms with Crippen molar-refractivity contribution in [1.29, 1.82) is 0 Å². The maximum absolute atomic E-state index is 14.3. The van der Waals surface area contributed by atoms with Crippen LogP contribution < -0.4 is 10.0 Å². The number of ether oxygens (including phenoxy) is 1. The molecule has 2 aromatic carbocycles. The van der Waals surface area contributed by atoms with E-state index in [1.807, 2.05) is 18.2 Å². The van der Waals surface area contributed by atoms with Crippen molar-refractivity contribution in [2.24, 2.45) is 17.8 Å². The van der Waals surface area contributed by atoms with Gasteiger partial charge in [-0.3, -0.25) is 4.57 Å². The van der Waals surface area contributed by atoms with E-state index in [4.69, 9.17) is 9.26 Å². The van der Waals surface area contributed by atoms with E-state index in [0.29, 0.717) is 34.4 Å². The Hall–Kier alpha value is -1.61. The molecule has 0 aromatic heterocycles. The maximum atomic E-state index is 14.3. The highest BCUT2D eigenvalue weighted by Crippen LogP contribution is 2.60. The predicted octanol–water partition coefficient (Wildman–Crippen LogP) is 5.77. The van der Waals surface area contributed by atoms with Crippen molar-refractivity contribution in [3.05, 3.63) is 60.2 Å². The highest BCUT2D eigenvalue weighted by Gasteiger charge is 2.42. The molecule has 1 saturated carbocycles. The molecule has 0 saturated heterocycles. The van der Waals surface area contributed by atoms with Gasteiger partial charge in [-0.05, 0) is 60.4 Å². The molecule has 0 aliphatic heterocycles. The third-order valence-corrected chi connectivity index (χ3v) is 8.65. The summed E-state index contributed by atoms with van der Waals surface area (Å²) in [5.41, 5.74) is 0.572. The lowest BCUT2D eigenvalue weighted by molar-refractivity contribution is 0.0427. The zero-order valence-electron chi connectivity index (χ0n) is 17.8. The first kappa shape index (κ1) is 22.1. The minimum absolute atomic E-state index is 0.127. The topological polar surface area (TPSA) is 55.8 Å². The predicted molar refractivity (Wildman–Crippen MR) is 118 cm³/mol. The van der Waals surface area contributed by atoms with Gasteiger partial charge in [-0.25, -0.2) is 0 Å². The smallest absolute Gasteiger partial charge is 0.264 e. The first-order chi connectivity index (χ1) is 13.8. The molecule has 5 heteroatoms. The Labute approximate surface area is 174 Å². The number of benzene rings is 2. The molecular formula is C24H33O4P. The fourth-order valence-corrected chi connectivity index (χ4v) is 6.62. The van der Waals surface area contributed by atoms with Crippen LogP contribution in [0.3, 0.4) is 0 Å². The lowest BCUT2D eigenvalue weighted by atomic mass is 9.75. The normalized spacial score (nSPS) is 25.4. The molecule has 158 valence electrons. The Morgan fingerprint density at radius 3 is 2.28 bits per heavy atom. The number of aliphatic hydroxyl groups is 1. The van der Waals surface area contributed by atoms with Crippen LogP contribution in [0.1, 0.15) is 51.4 Å². The number of hydrogen-bond donors (Lipinski definition) is 1. The SMILES string of the molecule is COc1ccc(C(O)P(=O)(OC2CC(C)CCC2C(C)C)c2ccccc2)cc1. The van der Waals surface area contributed by atoms with E-state index in [1.54, 1.807) is 43.5 Å². The maximum Gasteiger partial charge on any atom is 0.264 e. The molecule has 0 radical (unpaired) electrons. The van der Waals surface area contributed by atoms with E-state index in [0.717, 1.165) is 12.8 Å². The molecule has 5 unspecified atom stereocenters. The Morgan fingerprint density at radius 1 is 1.03 bits per heavy atom. The second-order valence-corrected chi connectivity index (χ2v) is 11.0. The quantitative estimate of drug-likeness (QED) is 0.583. The zero-order valence-corrected chi connectivity index (χ0v) is 18.7. The molecule has 1 N–H and O–H groups in total. The van der Waals surface area contributed by atoms with Crippen LogP contribution in [-0.4, -0.2) is 18.3 Å². The molecule has 0 heterocycles. The standard InChI is InChI=1S/C24H33O4P/c1-17(2)22-15-10-18(3)16-23(22)28-29(26,21-8-6-5-7-9-21)24(25)19-11-13-20(27-4)14-12-19/h5-9,11-14,17-18,22-25H,10,15-16H2,1-4H3. The van der Waals surface area contributed by atoms with Crippen LogP contribution in [-0.2, 0) is 9.09 Å². The summed E-state index contributed by atoms with van der Waals surface area (Å²) < 4.78 is 26.0. The fourth-order valence-electron chi connectivity index (χ4n) is 4.30. The second kappa shape index (κ2) is 9.47. The Balaban J connectivity index is 1.98. The van der Waals surface area contributed by atoms with E-state index in [9.17, 15) is 9.67 Å². The molecule has 0 spiro atoms. The Morgan fingerprint density at radius 2 is 1.69 bits per heavy atom. The van der Waals surface area contributed by atoms with Crippen LogP contribution in [0.2, 0.25) is 0 Å². The molecule has 1 aliphatic carbocycles. The molecule has 5 atom stereocenters. The number of methoxy groups -OCH3 is 1. The fraction of sp³-hybridized carbons (Fsp3) is 0.500. The van der Waals surface area contributed by atoms with Gasteiger partial charge in [0.15, 0.2) is 5.85 Å². The van der Waals surface area contributed by atoms with Gasteiger partial charge in [0.25, 0.3) is 7.37 Å². The second-order valence-electron chi connectivity index (χ2n) is 8.55. The van der Waals surface area contributed by atoms with Crippen molar-refractivity contribution in [2.75, 3.05) is 7.11 Å². The molecule has 1 aliphatic rings.